The largest absolute Gasteiger partial charge is 0.304 e. The Morgan fingerprint density at radius 1 is 0.750 bits per heavy atom. The van der Waals surface area contributed by atoms with Gasteiger partial charge in [-0.15, -0.1) is 0 Å². The first-order valence-electron chi connectivity index (χ1n) is 20.8. The van der Waals surface area contributed by atoms with Gasteiger partial charge in [0.1, 0.15) is 0 Å². The third-order valence-corrected chi connectivity index (χ3v) is 14.7. The first kappa shape index (κ1) is 47.9. The van der Waals surface area contributed by atoms with Crippen molar-refractivity contribution in [2.24, 2.45) is 0 Å². The summed E-state index contributed by atoms with van der Waals surface area (Å²) in [7, 11) is -9.44. The fourth-order valence-corrected chi connectivity index (χ4v) is 11.9. The molecule has 0 bridgehead atoms. The molecule has 10 nitrogen and oxygen atoms in total. The van der Waals surface area contributed by atoms with Crippen molar-refractivity contribution in [3.8, 4) is 5.75 Å². The van der Waals surface area contributed by atoms with Crippen LogP contribution in [0.1, 0.15) is 152 Å². The Labute approximate surface area is 344 Å². The molecule has 13 heteroatoms. The Morgan fingerprint density at radius 3 is 1.79 bits per heavy atom. The molecular weight excluding hydrogens is 814 g/mol. The van der Waals surface area contributed by atoms with Gasteiger partial charge in [-0.05, 0) is 19.6 Å². The number of anilines is 1. The van der Waals surface area contributed by atoms with E-state index in [-0.39, 0.29) is 5.88 Å². The summed E-state index contributed by atoms with van der Waals surface area (Å²) in [5.41, 5.74) is 5.06. The van der Waals surface area contributed by atoms with E-state index in [1.54, 1.807) is 18.2 Å². The topological polar surface area (TPSA) is 128 Å². The van der Waals surface area contributed by atoms with Crippen molar-refractivity contribution in [2.45, 2.75) is 152 Å². The monoisotopic (exact) mass is 882 g/mol. The summed E-state index contributed by atoms with van der Waals surface area (Å²) >= 11 is -0.449. The Kier molecular flexibility index (Phi) is 19.8. The summed E-state index contributed by atoms with van der Waals surface area (Å²) < 4.78 is 82.2. The number of unbranched alkanes of at least 4 members (excludes halogenated alkanes) is 9. The molecule has 0 atom stereocenters. The molecular formula is C43H68N3O7S2Se+. The molecule has 0 fully saturated rings. The van der Waals surface area contributed by atoms with Crippen LogP contribution in [0.15, 0.2) is 41.8 Å². The summed E-state index contributed by atoms with van der Waals surface area (Å²) in [6.07, 6.45) is 17.9. The molecule has 2 N–H and O–H groups in total. The van der Waals surface area contributed by atoms with E-state index in [0.717, 1.165) is 125 Å². The fourth-order valence-electron chi connectivity index (χ4n) is 7.22. The van der Waals surface area contributed by atoms with Crippen molar-refractivity contribution in [2.75, 3.05) is 23.9 Å². The first-order valence-corrected chi connectivity index (χ1v) is 25.3. The average molecular weight is 882 g/mol. The Morgan fingerprint density at radius 2 is 1.29 bits per heavy atom. The van der Waals surface area contributed by atoms with Crippen molar-refractivity contribution in [3.05, 3.63) is 68.6 Å². The van der Waals surface area contributed by atoms with E-state index in [0.29, 0.717) is 33.5 Å². The molecule has 1 aromatic heterocycles. The Bertz CT molecular complexity index is 2000. The number of fused-ring (bicyclic) bond motifs is 2. The van der Waals surface area contributed by atoms with Crippen LogP contribution in [0.2, 0.25) is 0 Å². The maximum absolute atomic E-state index is 13.0. The maximum Gasteiger partial charge on any atom is -0.00474 e. The number of allylic oxidation sites excluding steroid dienone is 2. The van der Waals surface area contributed by atoms with Crippen LogP contribution < -0.4 is 13.0 Å². The van der Waals surface area contributed by atoms with Gasteiger partial charge in [0.2, 0.25) is 0 Å². The normalized spacial score (nSPS) is 14.1. The number of hydrogen-bond donors (Lipinski definition) is 2. The first-order chi connectivity index (χ1) is 26.7. The molecule has 0 radical (unpaired) electrons. The minimum absolute atomic E-state index is 0.0713. The van der Waals surface area contributed by atoms with Gasteiger partial charge in [0, 0.05) is 0 Å². The number of hydrogen-bond acceptors (Lipinski definition) is 6. The summed E-state index contributed by atoms with van der Waals surface area (Å²) in [6, 6.07) is 7.73. The average Bonchev–Trinajstić information content (AvgIpc) is 3.72. The van der Waals surface area contributed by atoms with E-state index in [1.165, 1.54) is 19.6 Å². The van der Waals surface area contributed by atoms with Crippen LogP contribution in [-0.2, 0) is 33.4 Å². The molecule has 0 saturated heterocycles. The molecule has 56 heavy (non-hydrogen) atoms. The van der Waals surface area contributed by atoms with Crippen LogP contribution >= 0.6 is 0 Å². The van der Waals surface area contributed by atoms with Gasteiger partial charge in [-0.3, -0.25) is 0 Å². The molecule has 0 aliphatic carbocycles. The third kappa shape index (κ3) is 13.3. The SMILES string of the molecule is CCCCCCC(/C=C1\Oc2ccc(CCCCCC)c(C)c2N1S(=O)(=O)O)=C\c1[se]c2ccc(CCCCCC)c(C)c2[n+]1S(=O)(=O)O.CCN(CC)CC. The second kappa shape index (κ2) is 23.2. The Balaban J connectivity index is 0.00000109. The van der Waals surface area contributed by atoms with Gasteiger partial charge in [-0.1, -0.05) is 40.5 Å². The Hall–Kier alpha value is -2.51. The summed E-state index contributed by atoms with van der Waals surface area (Å²) in [5, 5.41) is 0. The summed E-state index contributed by atoms with van der Waals surface area (Å²) in [6.45, 7) is 20.3. The van der Waals surface area contributed by atoms with Gasteiger partial charge in [-0.25, -0.2) is 0 Å². The minimum atomic E-state index is -4.77. The van der Waals surface area contributed by atoms with E-state index in [2.05, 4.69) is 52.5 Å². The van der Waals surface area contributed by atoms with Crippen molar-refractivity contribution in [1.29, 1.82) is 0 Å². The smallest absolute Gasteiger partial charge is 0.00474 e. The number of aromatic nitrogens is 1. The zero-order chi connectivity index (χ0) is 41.5. The molecule has 2 heterocycles. The van der Waals surface area contributed by atoms with E-state index < -0.39 is 35.1 Å². The fraction of sp³-hybridized carbons (Fsp3) is 0.605. The van der Waals surface area contributed by atoms with Crippen LogP contribution in [0, 0.1) is 13.8 Å². The molecule has 0 unspecified atom stereocenters. The zero-order valence-corrected chi connectivity index (χ0v) is 38.5. The van der Waals surface area contributed by atoms with E-state index >= 15 is 0 Å². The van der Waals surface area contributed by atoms with Gasteiger partial charge in [0.05, 0.1) is 0 Å². The van der Waals surface area contributed by atoms with Crippen molar-refractivity contribution in [3.63, 3.8) is 0 Å². The molecule has 0 saturated carbocycles. The van der Waals surface area contributed by atoms with Crippen LogP contribution in [0.4, 0.5) is 5.69 Å². The van der Waals surface area contributed by atoms with E-state index in [1.807, 2.05) is 26.0 Å². The van der Waals surface area contributed by atoms with Gasteiger partial charge in [-0.2, -0.15) is 0 Å². The standard InChI is InChI=1S/C37H52N2O7S2Se.C6H15N/c1-6-9-12-15-18-29(25-34-38(47(40,41)42)36-27(4)30(19-16-13-10-7-2)21-23-32(36)46-34)26-35-39(48(43,44)45)37-28(5)31(20-17-14-11-8-3)22-24-33(37)49-35;1-4-7(5-2)6-3/h21-26H,6-20H2,1-5H3,(H-,40,41,42,43,44,45);4-6H2,1-3H3/p+1. The van der Waals surface area contributed by atoms with Crippen LogP contribution in [0.5, 0.6) is 5.75 Å². The maximum atomic E-state index is 13.0. The quantitative estimate of drug-likeness (QED) is 0.0442. The zero-order valence-electron chi connectivity index (χ0n) is 35.2. The van der Waals surface area contributed by atoms with Gasteiger partial charge in [0.15, 0.2) is 0 Å². The van der Waals surface area contributed by atoms with Crippen LogP contribution in [0.25, 0.3) is 15.9 Å². The van der Waals surface area contributed by atoms with Crippen molar-refractivity contribution >= 4 is 56.7 Å². The van der Waals surface area contributed by atoms with Crippen molar-refractivity contribution in [1.82, 2.24) is 4.90 Å². The number of ether oxygens (including phenoxy) is 1. The van der Waals surface area contributed by atoms with E-state index in [4.69, 9.17) is 4.74 Å². The second-order valence-corrected chi connectivity index (χ2v) is 19.4. The molecule has 4 rings (SSSR count). The van der Waals surface area contributed by atoms with Crippen molar-refractivity contribution < 1.29 is 34.7 Å². The van der Waals surface area contributed by atoms with Gasteiger partial charge < -0.3 is 4.90 Å². The molecule has 1 aliphatic heterocycles. The molecule has 0 amide bonds. The van der Waals surface area contributed by atoms with Crippen LogP contribution in [-0.4, -0.2) is 65.0 Å². The molecule has 3 aromatic rings. The summed E-state index contributed by atoms with van der Waals surface area (Å²) in [5.74, 6) is 0.258. The molecule has 1 aliphatic rings. The molecule has 0 spiro atoms. The number of rotatable bonds is 22. The summed E-state index contributed by atoms with van der Waals surface area (Å²) in [4.78, 5) is 2.38. The minimum Gasteiger partial charge on any atom is -0.304 e. The molecule has 314 valence electrons. The molecule has 2 aromatic carbocycles. The number of nitrogens with zero attached hydrogens (tertiary/aromatic N) is 3. The van der Waals surface area contributed by atoms with Gasteiger partial charge in [0.25, 0.3) is 0 Å². The predicted octanol–water partition coefficient (Wildman–Crippen LogP) is 9.94. The second-order valence-electron chi connectivity index (χ2n) is 14.7. The van der Waals surface area contributed by atoms with Crippen LogP contribution in [0.3, 0.4) is 0 Å². The van der Waals surface area contributed by atoms with E-state index in [9.17, 15) is 25.9 Å². The number of benzene rings is 2. The predicted molar refractivity (Wildman–Crippen MR) is 233 cm³/mol. The van der Waals surface area contributed by atoms with Gasteiger partial charge >= 0.3 is 281 Å². The number of aryl methyl sites for hydroxylation is 3. The third-order valence-electron chi connectivity index (χ3n) is 10.6.